The van der Waals surface area contributed by atoms with E-state index in [9.17, 15) is 14.0 Å². The van der Waals surface area contributed by atoms with Crippen molar-refractivity contribution in [1.29, 1.82) is 0 Å². The molecule has 0 saturated carbocycles. The van der Waals surface area contributed by atoms with Crippen LogP contribution in [0.4, 0.5) is 4.39 Å². The van der Waals surface area contributed by atoms with Crippen LogP contribution in [0.2, 0.25) is 0 Å². The number of piperazine rings is 1. The summed E-state index contributed by atoms with van der Waals surface area (Å²) in [6, 6.07) is 7.37. The van der Waals surface area contributed by atoms with Crippen LogP contribution in [0.5, 0.6) is 0 Å². The molecule has 1 fully saturated rings. The fourth-order valence-electron chi connectivity index (χ4n) is 2.63. The minimum atomic E-state index is -0.434. The van der Waals surface area contributed by atoms with Crippen LogP contribution in [0.1, 0.15) is 20.7 Å². The Morgan fingerprint density at radius 3 is 2.17 bits per heavy atom. The van der Waals surface area contributed by atoms with Crippen LogP contribution in [0.25, 0.3) is 0 Å². The van der Waals surface area contributed by atoms with Crippen molar-refractivity contribution < 1.29 is 14.0 Å². The summed E-state index contributed by atoms with van der Waals surface area (Å²) in [5.74, 6) is -0.760. The summed E-state index contributed by atoms with van der Waals surface area (Å²) in [7, 11) is 0. The summed E-state index contributed by atoms with van der Waals surface area (Å²) < 4.78 is 14.0. The zero-order valence-electron chi connectivity index (χ0n) is 12.8. The molecule has 0 radical (unpaired) electrons. The number of hydrogen-bond donors (Lipinski definition) is 0. The monoisotopic (exact) mass is 391 g/mol. The molecular formula is C17H15BrFN3O2. The van der Waals surface area contributed by atoms with Gasteiger partial charge in [0.15, 0.2) is 0 Å². The molecule has 1 aromatic heterocycles. The molecule has 1 saturated heterocycles. The number of pyridine rings is 1. The first-order valence-electron chi connectivity index (χ1n) is 7.49. The summed E-state index contributed by atoms with van der Waals surface area (Å²) in [4.78, 5) is 32.2. The number of carbonyl (C=O) groups excluding carboxylic acids is 2. The molecule has 2 amide bonds. The molecule has 0 unspecified atom stereocenters. The second-order valence-corrected chi connectivity index (χ2v) is 6.40. The van der Waals surface area contributed by atoms with Crippen molar-refractivity contribution in [2.24, 2.45) is 0 Å². The molecule has 0 bridgehead atoms. The number of nitrogens with zero attached hydrogens (tertiary/aromatic N) is 3. The molecule has 5 nitrogen and oxygen atoms in total. The number of rotatable bonds is 2. The molecule has 0 spiro atoms. The maximum Gasteiger partial charge on any atom is 0.255 e. The first kappa shape index (κ1) is 16.6. The topological polar surface area (TPSA) is 53.5 Å². The van der Waals surface area contributed by atoms with E-state index in [0.29, 0.717) is 37.3 Å². The Morgan fingerprint density at radius 1 is 0.958 bits per heavy atom. The predicted molar refractivity (Wildman–Crippen MR) is 90.1 cm³/mol. The van der Waals surface area contributed by atoms with Gasteiger partial charge in [0, 0.05) is 48.6 Å². The van der Waals surface area contributed by atoms with Gasteiger partial charge in [-0.05, 0) is 40.2 Å². The number of carbonyl (C=O) groups is 2. The first-order chi connectivity index (χ1) is 11.5. The Balaban J connectivity index is 1.63. The van der Waals surface area contributed by atoms with Gasteiger partial charge in [0.25, 0.3) is 11.8 Å². The standard InChI is InChI=1S/C17H15BrFN3O2/c18-14-8-13(10-20-11-14)17(24)22-6-4-21(5-7-22)16(23)12-2-1-3-15(19)9-12/h1-3,8-11H,4-7H2. The molecule has 0 aliphatic carbocycles. The van der Waals surface area contributed by atoms with E-state index in [1.807, 2.05) is 0 Å². The van der Waals surface area contributed by atoms with E-state index in [-0.39, 0.29) is 11.8 Å². The normalized spacial score (nSPS) is 14.6. The van der Waals surface area contributed by atoms with Gasteiger partial charge < -0.3 is 9.80 Å². The molecule has 0 atom stereocenters. The van der Waals surface area contributed by atoms with Crippen molar-refractivity contribution in [3.05, 3.63) is 64.1 Å². The van der Waals surface area contributed by atoms with E-state index in [2.05, 4.69) is 20.9 Å². The van der Waals surface area contributed by atoms with Crippen LogP contribution < -0.4 is 0 Å². The van der Waals surface area contributed by atoms with E-state index in [4.69, 9.17) is 0 Å². The third-order valence-electron chi connectivity index (χ3n) is 3.88. The molecule has 1 aliphatic heterocycles. The molecule has 1 aromatic carbocycles. The smallest absolute Gasteiger partial charge is 0.255 e. The summed E-state index contributed by atoms with van der Waals surface area (Å²) >= 11 is 3.30. The number of benzene rings is 1. The fourth-order valence-corrected chi connectivity index (χ4v) is 2.99. The lowest BCUT2D eigenvalue weighted by atomic mass is 10.1. The molecule has 3 rings (SSSR count). The number of amides is 2. The van der Waals surface area contributed by atoms with Gasteiger partial charge in [-0.25, -0.2) is 4.39 Å². The summed E-state index contributed by atoms with van der Waals surface area (Å²) in [5.41, 5.74) is 0.834. The Bertz CT molecular complexity index is 710. The molecule has 124 valence electrons. The van der Waals surface area contributed by atoms with Crippen molar-refractivity contribution >= 4 is 27.7 Å². The second kappa shape index (κ2) is 7.09. The van der Waals surface area contributed by atoms with Crippen molar-refractivity contribution in [1.82, 2.24) is 14.8 Å². The van der Waals surface area contributed by atoms with Gasteiger partial charge in [-0.2, -0.15) is 0 Å². The molecule has 0 N–H and O–H groups in total. The lowest BCUT2D eigenvalue weighted by molar-refractivity contribution is 0.0535. The van der Waals surface area contributed by atoms with E-state index in [1.54, 1.807) is 28.1 Å². The van der Waals surface area contributed by atoms with Crippen molar-refractivity contribution in [3.8, 4) is 0 Å². The van der Waals surface area contributed by atoms with Crippen LogP contribution in [0.3, 0.4) is 0 Å². The highest BCUT2D eigenvalue weighted by molar-refractivity contribution is 9.10. The predicted octanol–water partition coefficient (Wildman–Crippen LogP) is 2.58. The Labute approximate surface area is 147 Å². The molecule has 24 heavy (non-hydrogen) atoms. The molecule has 2 heterocycles. The van der Waals surface area contributed by atoms with Gasteiger partial charge in [-0.1, -0.05) is 6.07 Å². The average Bonchev–Trinajstić information content (AvgIpc) is 2.60. The Kier molecular flexibility index (Phi) is 4.89. The van der Waals surface area contributed by atoms with Gasteiger partial charge in [-0.15, -0.1) is 0 Å². The van der Waals surface area contributed by atoms with Gasteiger partial charge in [0.1, 0.15) is 5.82 Å². The van der Waals surface area contributed by atoms with Gasteiger partial charge >= 0.3 is 0 Å². The zero-order valence-corrected chi connectivity index (χ0v) is 14.4. The lowest BCUT2D eigenvalue weighted by Crippen LogP contribution is -2.50. The first-order valence-corrected chi connectivity index (χ1v) is 8.28. The van der Waals surface area contributed by atoms with E-state index in [0.717, 1.165) is 4.47 Å². The molecular weight excluding hydrogens is 377 g/mol. The van der Waals surface area contributed by atoms with Crippen molar-refractivity contribution in [2.75, 3.05) is 26.2 Å². The van der Waals surface area contributed by atoms with Crippen LogP contribution in [-0.2, 0) is 0 Å². The van der Waals surface area contributed by atoms with Gasteiger partial charge in [-0.3, -0.25) is 14.6 Å². The van der Waals surface area contributed by atoms with Crippen LogP contribution in [0.15, 0.2) is 47.2 Å². The highest BCUT2D eigenvalue weighted by Crippen LogP contribution is 2.15. The maximum absolute atomic E-state index is 13.2. The van der Waals surface area contributed by atoms with Crippen LogP contribution >= 0.6 is 15.9 Å². The van der Waals surface area contributed by atoms with E-state index < -0.39 is 5.82 Å². The van der Waals surface area contributed by atoms with Gasteiger partial charge in [0.2, 0.25) is 0 Å². The number of aromatic nitrogens is 1. The molecule has 7 heteroatoms. The number of hydrogen-bond acceptors (Lipinski definition) is 3. The third-order valence-corrected chi connectivity index (χ3v) is 4.31. The maximum atomic E-state index is 13.2. The quantitative estimate of drug-likeness (QED) is 0.790. The summed E-state index contributed by atoms with van der Waals surface area (Å²) in [6.45, 7) is 1.71. The second-order valence-electron chi connectivity index (χ2n) is 5.49. The Hall–Kier alpha value is -2.28. The number of halogens is 2. The van der Waals surface area contributed by atoms with Gasteiger partial charge in [0.05, 0.1) is 5.56 Å². The van der Waals surface area contributed by atoms with Crippen LogP contribution in [0, 0.1) is 5.82 Å². The average molecular weight is 392 g/mol. The minimum Gasteiger partial charge on any atom is -0.335 e. The fraction of sp³-hybridized carbons (Fsp3) is 0.235. The lowest BCUT2D eigenvalue weighted by Gasteiger charge is -2.34. The summed E-state index contributed by atoms with van der Waals surface area (Å²) in [6.07, 6.45) is 3.14. The molecule has 1 aliphatic rings. The van der Waals surface area contributed by atoms with E-state index in [1.165, 1.54) is 24.4 Å². The highest BCUT2D eigenvalue weighted by Gasteiger charge is 2.25. The minimum absolute atomic E-state index is 0.110. The Morgan fingerprint density at radius 2 is 1.58 bits per heavy atom. The highest BCUT2D eigenvalue weighted by atomic mass is 79.9. The summed E-state index contributed by atoms with van der Waals surface area (Å²) in [5, 5.41) is 0. The third kappa shape index (κ3) is 3.62. The van der Waals surface area contributed by atoms with Crippen molar-refractivity contribution in [3.63, 3.8) is 0 Å². The van der Waals surface area contributed by atoms with Crippen molar-refractivity contribution in [2.45, 2.75) is 0 Å². The molecule has 2 aromatic rings. The van der Waals surface area contributed by atoms with Crippen LogP contribution in [-0.4, -0.2) is 52.8 Å². The zero-order chi connectivity index (χ0) is 17.1. The van der Waals surface area contributed by atoms with E-state index >= 15 is 0 Å². The largest absolute Gasteiger partial charge is 0.335 e. The SMILES string of the molecule is O=C(c1cccc(F)c1)N1CCN(C(=O)c2cncc(Br)c2)CC1.